The molecule has 4 amide bonds. The van der Waals surface area contributed by atoms with Gasteiger partial charge in [0.15, 0.2) is 6.61 Å². The first-order valence-corrected chi connectivity index (χ1v) is 14.8. The Morgan fingerprint density at radius 1 is 0.814 bits per heavy atom. The van der Waals surface area contributed by atoms with Gasteiger partial charge in [-0.05, 0) is 40.8 Å². The van der Waals surface area contributed by atoms with Crippen molar-refractivity contribution in [3.05, 3.63) is 106 Å². The topological polar surface area (TPSA) is 122 Å². The highest BCUT2D eigenvalue weighted by atomic mass is 35.5. The van der Waals surface area contributed by atoms with Crippen molar-refractivity contribution in [2.45, 2.75) is 44.1 Å². The lowest BCUT2D eigenvalue weighted by molar-refractivity contribution is -0.161. The molecule has 9 nitrogen and oxygen atoms in total. The zero-order valence-electron chi connectivity index (χ0n) is 23.4. The number of hydrogen-bond acceptors (Lipinski definition) is 6. The van der Waals surface area contributed by atoms with Crippen molar-refractivity contribution in [1.82, 2.24) is 15.8 Å². The van der Waals surface area contributed by atoms with Gasteiger partial charge in [0.25, 0.3) is 11.8 Å². The number of unbranched alkanes of at least 4 members (excludes halogenated alkanes) is 1. The van der Waals surface area contributed by atoms with Crippen LogP contribution in [0.1, 0.15) is 70.6 Å². The van der Waals surface area contributed by atoms with Crippen molar-refractivity contribution in [2.24, 2.45) is 11.8 Å². The van der Waals surface area contributed by atoms with E-state index in [-0.39, 0.29) is 40.7 Å². The van der Waals surface area contributed by atoms with Crippen LogP contribution in [0.3, 0.4) is 0 Å². The zero-order valence-corrected chi connectivity index (χ0v) is 24.2. The Hall–Kier alpha value is -4.50. The number of halogens is 1. The second-order valence-corrected chi connectivity index (χ2v) is 11.5. The smallest absolute Gasteiger partial charge is 0.329 e. The van der Waals surface area contributed by atoms with E-state index in [0.29, 0.717) is 6.42 Å². The van der Waals surface area contributed by atoms with Crippen LogP contribution in [0, 0.1) is 11.8 Å². The van der Waals surface area contributed by atoms with Crippen molar-refractivity contribution in [2.75, 3.05) is 6.61 Å². The molecule has 7 rings (SSSR count). The van der Waals surface area contributed by atoms with E-state index in [9.17, 15) is 24.0 Å². The highest BCUT2D eigenvalue weighted by Crippen LogP contribution is 2.61. The quantitative estimate of drug-likeness (QED) is 0.228. The van der Waals surface area contributed by atoms with Crippen LogP contribution in [0.15, 0.2) is 72.8 Å². The van der Waals surface area contributed by atoms with Crippen molar-refractivity contribution >= 4 is 41.2 Å². The van der Waals surface area contributed by atoms with E-state index in [1.807, 2.05) is 55.5 Å². The minimum atomic E-state index is -1.17. The molecular weight excluding hydrogens is 570 g/mol. The maximum absolute atomic E-state index is 14.1. The number of amides is 4. The Kier molecular flexibility index (Phi) is 7.75. The van der Waals surface area contributed by atoms with Gasteiger partial charge in [0.2, 0.25) is 11.8 Å². The van der Waals surface area contributed by atoms with Crippen LogP contribution < -0.4 is 10.9 Å². The first-order chi connectivity index (χ1) is 20.8. The fourth-order valence-electron chi connectivity index (χ4n) is 6.87. The highest BCUT2D eigenvalue weighted by molar-refractivity contribution is 6.33. The van der Waals surface area contributed by atoms with Crippen molar-refractivity contribution in [1.29, 1.82) is 0 Å². The number of hydrogen-bond donors (Lipinski definition) is 2. The van der Waals surface area contributed by atoms with Crippen LogP contribution in [0.25, 0.3) is 0 Å². The fourth-order valence-corrected chi connectivity index (χ4v) is 7.09. The molecule has 3 aromatic carbocycles. The zero-order chi connectivity index (χ0) is 30.2. The molecule has 1 fully saturated rings. The summed E-state index contributed by atoms with van der Waals surface area (Å²) in [6, 6.07) is 21.0. The molecule has 3 aliphatic carbocycles. The van der Waals surface area contributed by atoms with Crippen molar-refractivity contribution in [3.8, 4) is 0 Å². The van der Waals surface area contributed by atoms with E-state index in [4.69, 9.17) is 16.3 Å². The second kappa shape index (κ2) is 11.6. The van der Waals surface area contributed by atoms with Crippen LogP contribution >= 0.6 is 11.6 Å². The number of rotatable bonds is 8. The molecule has 1 aliphatic heterocycles. The second-order valence-electron chi connectivity index (χ2n) is 11.1. The van der Waals surface area contributed by atoms with E-state index < -0.39 is 42.3 Å². The lowest BCUT2D eigenvalue weighted by Crippen LogP contribution is -2.48. The number of nitrogens with one attached hydrogen (secondary N) is 2. The van der Waals surface area contributed by atoms with Gasteiger partial charge in [-0.15, -0.1) is 0 Å². The average molecular weight is 600 g/mol. The van der Waals surface area contributed by atoms with Crippen molar-refractivity contribution in [3.63, 3.8) is 0 Å². The van der Waals surface area contributed by atoms with Gasteiger partial charge in [0, 0.05) is 11.8 Å². The van der Waals surface area contributed by atoms with Gasteiger partial charge < -0.3 is 4.74 Å². The van der Waals surface area contributed by atoms with Gasteiger partial charge in [-0.3, -0.25) is 34.9 Å². The molecule has 10 heteroatoms. The van der Waals surface area contributed by atoms with E-state index in [1.54, 1.807) is 12.1 Å². The summed E-state index contributed by atoms with van der Waals surface area (Å²) in [5.41, 5.74) is 8.74. The monoisotopic (exact) mass is 599 g/mol. The van der Waals surface area contributed by atoms with E-state index in [0.717, 1.165) is 33.6 Å². The van der Waals surface area contributed by atoms with Crippen LogP contribution in [0.5, 0.6) is 0 Å². The van der Waals surface area contributed by atoms with Crippen LogP contribution in [-0.2, 0) is 23.9 Å². The minimum Gasteiger partial charge on any atom is -0.454 e. The number of carbonyl (C=O) groups excluding carboxylic acids is 5. The first-order valence-electron chi connectivity index (χ1n) is 14.4. The van der Waals surface area contributed by atoms with Crippen molar-refractivity contribution < 1.29 is 28.7 Å². The third kappa shape index (κ3) is 4.87. The Balaban J connectivity index is 1.19. The standard InChI is InChI=1S/C33H30ClN3O6/c1-2-3-16-24(33(42)43-17-25(38)35-36-30(39)22-14-8-9-15-23(22)34)37-31(40)28-26-18-10-4-5-11-19(18)27(29(28)32(37)41)21-13-7-6-12-20(21)26/h4-15,24,26-29H,2-3,16-17H2,1H3,(H,35,38)(H,36,39)/t24-,26?,27?,28-,29+/m1/s1. The third-order valence-electron chi connectivity index (χ3n) is 8.68. The number of ether oxygens (including phenoxy) is 1. The van der Waals surface area contributed by atoms with Gasteiger partial charge >= 0.3 is 5.97 Å². The number of hydrazine groups is 1. The first kappa shape index (κ1) is 28.6. The molecule has 0 unspecified atom stereocenters. The maximum atomic E-state index is 14.1. The summed E-state index contributed by atoms with van der Waals surface area (Å²) in [6.07, 6.45) is 1.51. The normalized spacial score (nSPS) is 21.9. The van der Waals surface area contributed by atoms with Gasteiger partial charge in [0.05, 0.1) is 22.4 Å². The maximum Gasteiger partial charge on any atom is 0.329 e. The summed E-state index contributed by atoms with van der Waals surface area (Å²) in [4.78, 5) is 67.5. The predicted molar refractivity (Wildman–Crippen MR) is 157 cm³/mol. The van der Waals surface area contributed by atoms with E-state index in [1.165, 1.54) is 12.1 Å². The molecule has 2 N–H and O–H groups in total. The molecule has 1 heterocycles. The number of carbonyl (C=O) groups is 5. The molecule has 43 heavy (non-hydrogen) atoms. The minimum absolute atomic E-state index is 0.159. The van der Waals surface area contributed by atoms with Gasteiger partial charge in [0.1, 0.15) is 6.04 Å². The summed E-state index contributed by atoms with van der Waals surface area (Å²) in [6.45, 7) is 1.23. The molecule has 0 aromatic heterocycles. The lowest BCUT2D eigenvalue weighted by Gasteiger charge is -2.45. The average Bonchev–Trinajstić information content (AvgIpc) is 3.29. The largest absolute Gasteiger partial charge is 0.454 e. The Morgan fingerprint density at radius 3 is 1.84 bits per heavy atom. The summed E-state index contributed by atoms with van der Waals surface area (Å²) in [5, 5.41) is 0.208. The van der Waals surface area contributed by atoms with Gasteiger partial charge in [-0.2, -0.15) is 0 Å². The van der Waals surface area contributed by atoms with E-state index >= 15 is 0 Å². The molecule has 2 bridgehead atoms. The molecule has 1 saturated heterocycles. The lowest BCUT2D eigenvalue weighted by atomic mass is 9.55. The Morgan fingerprint density at radius 2 is 1.33 bits per heavy atom. The third-order valence-corrected chi connectivity index (χ3v) is 9.01. The summed E-state index contributed by atoms with van der Waals surface area (Å²) < 4.78 is 5.31. The van der Waals surface area contributed by atoms with Crippen LogP contribution in [0.2, 0.25) is 5.02 Å². The molecule has 3 aromatic rings. The summed E-state index contributed by atoms with van der Waals surface area (Å²) in [7, 11) is 0. The van der Waals surface area contributed by atoms with Gasteiger partial charge in [-0.25, -0.2) is 4.79 Å². The van der Waals surface area contributed by atoms with Gasteiger partial charge in [-0.1, -0.05) is 92.0 Å². The molecule has 0 radical (unpaired) electrons. The summed E-state index contributed by atoms with van der Waals surface area (Å²) in [5.74, 6) is -4.88. The molecule has 4 aliphatic rings. The number of imide groups is 1. The number of benzene rings is 3. The molecule has 3 atom stereocenters. The SMILES string of the molecule is CCCC[C@H](C(=O)OCC(=O)NNC(=O)c1ccccc1Cl)N1C(=O)[C@@H]2C3c4ccccc4C(c4ccccc43)[C@@H]2C1=O. The Labute approximate surface area is 253 Å². The predicted octanol–water partition coefficient (Wildman–Crippen LogP) is 4.10. The molecular formula is C33H30ClN3O6. The molecule has 0 saturated carbocycles. The number of likely N-dealkylation sites (tertiary alicyclic amines) is 1. The molecule has 220 valence electrons. The van der Waals surface area contributed by atoms with Crippen LogP contribution in [0.4, 0.5) is 0 Å². The summed E-state index contributed by atoms with van der Waals surface area (Å²) >= 11 is 6.02. The Bertz CT molecular complexity index is 1520. The number of nitrogens with zero attached hydrogens (tertiary/aromatic N) is 1. The number of esters is 1. The highest BCUT2D eigenvalue weighted by Gasteiger charge is 2.63. The fraction of sp³-hybridized carbons (Fsp3) is 0.303. The molecule has 0 spiro atoms. The van der Waals surface area contributed by atoms with Crippen LogP contribution in [-0.4, -0.2) is 47.1 Å². The van der Waals surface area contributed by atoms with E-state index in [2.05, 4.69) is 10.9 Å².